The maximum absolute atomic E-state index is 12.4. The van der Waals surface area contributed by atoms with Crippen LogP contribution in [0.2, 0.25) is 0 Å². The van der Waals surface area contributed by atoms with Crippen molar-refractivity contribution in [3.63, 3.8) is 0 Å². The Morgan fingerprint density at radius 1 is 1.00 bits per heavy atom. The minimum Gasteiger partial charge on any atom is -0.484 e. The molecule has 1 amide bonds. The number of benzene rings is 1. The SMILES string of the molecule is Cc1ccnc(Nc2ccc(N3CCN(C(=O)COc4ccccc4)CC3)nn2)c1. The van der Waals surface area contributed by atoms with E-state index < -0.39 is 0 Å². The van der Waals surface area contributed by atoms with E-state index >= 15 is 0 Å². The molecule has 0 radical (unpaired) electrons. The van der Waals surface area contributed by atoms with Crippen LogP contribution in [0.4, 0.5) is 17.5 Å². The van der Waals surface area contributed by atoms with Gasteiger partial charge in [0.15, 0.2) is 18.2 Å². The van der Waals surface area contributed by atoms with Gasteiger partial charge in [-0.25, -0.2) is 4.98 Å². The first-order valence-electron chi connectivity index (χ1n) is 9.91. The summed E-state index contributed by atoms with van der Waals surface area (Å²) in [5.74, 6) is 2.88. The highest BCUT2D eigenvalue weighted by molar-refractivity contribution is 5.78. The Hall–Kier alpha value is -3.68. The zero-order valence-electron chi connectivity index (χ0n) is 16.9. The van der Waals surface area contributed by atoms with Crippen molar-refractivity contribution in [2.24, 2.45) is 0 Å². The average Bonchev–Trinajstić information content (AvgIpc) is 2.79. The molecule has 0 unspecified atom stereocenters. The quantitative estimate of drug-likeness (QED) is 0.676. The summed E-state index contributed by atoms with van der Waals surface area (Å²) in [4.78, 5) is 20.6. The molecule has 3 aromatic rings. The van der Waals surface area contributed by atoms with Crippen molar-refractivity contribution in [3.8, 4) is 5.75 Å². The van der Waals surface area contributed by atoms with Crippen LogP contribution in [-0.2, 0) is 4.79 Å². The number of amides is 1. The van der Waals surface area contributed by atoms with Crippen LogP contribution in [0.25, 0.3) is 0 Å². The third-order valence-electron chi connectivity index (χ3n) is 4.88. The van der Waals surface area contributed by atoms with Crippen molar-refractivity contribution in [3.05, 3.63) is 66.4 Å². The fraction of sp³-hybridized carbons (Fsp3) is 0.273. The maximum Gasteiger partial charge on any atom is 0.260 e. The number of pyridine rings is 1. The van der Waals surface area contributed by atoms with Crippen molar-refractivity contribution >= 4 is 23.4 Å². The summed E-state index contributed by atoms with van der Waals surface area (Å²) < 4.78 is 5.56. The summed E-state index contributed by atoms with van der Waals surface area (Å²) in [7, 11) is 0. The van der Waals surface area contributed by atoms with Gasteiger partial charge < -0.3 is 19.9 Å². The first kappa shape index (κ1) is 19.6. The molecule has 1 N–H and O–H groups in total. The van der Waals surface area contributed by atoms with E-state index in [0.29, 0.717) is 37.7 Å². The lowest BCUT2D eigenvalue weighted by molar-refractivity contribution is -0.133. The number of anilines is 3. The average molecular weight is 404 g/mol. The second-order valence-corrected chi connectivity index (χ2v) is 7.09. The van der Waals surface area contributed by atoms with E-state index in [1.165, 1.54) is 0 Å². The van der Waals surface area contributed by atoms with Gasteiger partial charge in [0.25, 0.3) is 5.91 Å². The lowest BCUT2D eigenvalue weighted by Crippen LogP contribution is -2.50. The van der Waals surface area contributed by atoms with Gasteiger partial charge in [0.2, 0.25) is 0 Å². The van der Waals surface area contributed by atoms with Gasteiger partial charge in [0.1, 0.15) is 11.6 Å². The van der Waals surface area contributed by atoms with Crippen LogP contribution < -0.4 is 15.0 Å². The van der Waals surface area contributed by atoms with Crippen LogP contribution in [-0.4, -0.2) is 58.8 Å². The molecule has 8 nitrogen and oxygen atoms in total. The number of piperazine rings is 1. The Balaban J connectivity index is 1.27. The standard InChI is InChI=1S/C22H24N6O2/c1-17-9-10-23-20(15-17)24-19-7-8-21(26-25-19)27-11-13-28(14-12-27)22(29)16-30-18-5-3-2-4-6-18/h2-10,15H,11-14,16H2,1H3,(H,23,24,25). The van der Waals surface area contributed by atoms with Crippen LogP contribution >= 0.6 is 0 Å². The molecule has 3 heterocycles. The molecule has 154 valence electrons. The zero-order valence-corrected chi connectivity index (χ0v) is 16.9. The van der Waals surface area contributed by atoms with Crippen molar-refractivity contribution in [2.75, 3.05) is 43.0 Å². The number of aryl methyl sites for hydroxylation is 1. The van der Waals surface area contributed by atoms with Crippen LogP contribution in [0.15, 0.2) is 60.8 Å². The van der Waals surface area contributed by atoms with Gasteiger partial charge in [-0.15, -0.1) is 10.2 Å². The van der Waals surface area contributed by atoms with Gasteiger partial charge in [-0.05, 0) is 48.9 Å². The number of nitrogens with one attached hydrogen (secondary N) is 1. The van der Waals surface area contributed by atoms with E-state index in [2.05, 4.69) is 25.4 Å². The molecule has 4 rings (SSSR count). The van der Waals surface area contributed by atoms with E-state index in [1.54, 1.807) is 6.20 Å². The van der Waals surface area contributed by atoms with Gasteiger partial charge in [0, 0.05) is 32.4 Å². The Morgan fingerprint density at radius 2 is 1.80 bits per heavy atom. The molecule has 0 atom stereocenters. The second kappa shape index (κ2) is 9.21. The predicted molar refractivity (Wildman–Crippen MR) is 115 cm³/mol. The van der Waals surface area contributed by atoms with E-state index in [9.17, 15) is 4.79 Å². The molecule has 0 aliphatic carbocycles. The Kier molecular flexibility index (Phi) is 6.03. The number of carbonyl (C=O) groups is 1. The van der Waals surface area contributed by atoms with Gasteiger partial charge in [-0.2, -0.15) is 0 Å². The molecular formula is C22H24N6O2. The van der Waals surface area contributed by atoms with E-state index in [-0.39, 0.29) is 12.5 Å². The summed E-state index contributed by atoms with van der Waals surface area (Å²) in [6.07, 6.45) is 1.76. The Labute approximate surface area is 175 Å². The molecule has 1 fully saturated rings. The summed E-state index contributed by atoms with van der Waals surface area (Å²) in [5.41, 5.74) is 1.12. The number of nitrogens with zero attached hydrogens (tertiary/aromatic N) is 5. The molecule has 8 heteroatoms. The van der Waals surface area contributed by atoms with Crippen molar-refractivity contribution in [2.45, 2.75) is 6.92 Å². The highest BCUT2D eigenvalue weighted by atomic mass is 16.5. The highest BCUT2D eigenvalue weighted by Crippen LogP contribution is 2.17. The lowest BCUT2D eigenvalue weighted by atomic mass is 10.3. The van der Waals surface area contributed by atoms with Crippen molar-refractivity contribution < 1.29 is 9.53 Å². The summed E-state index contributed by atoms with van der Waals surface area (Å²) >= 11 is 0. The topological polar surface area (TPSA) is 83.5 Å². The molecule has 1 aromatic carbocycles. The number of ether oxygens (including phenoxy) is 1. The predicted octanol–water partition coefficient (Wildman–Crippen LogP) is 2.65. The fourth-order valence-electron chi connectivity index (χ4n) is 3.23. The number of para-hydroxylation sites is 1. The maximum atomic E-state index is 12.4. The van der Waals surface area contributed by atoms with Crippen molar-refractivity contribution in [1.82, 2.24) is 20.1 Å². The largest absolute Gasteiger partial charge is 0.484 e. The van der Waals surface area contributed by atoms with Crippen LogP contribution in [0, 0.1) is 6.92 Å². The number of carbonyl (C=O) groups excluding carboxylic acids is 1. The van der Waals surface area contributed by atoms with E-state index in [0.717, 1.165) is 17.2 Å². The molecule has 1 aliphatic heterocycles. The molecule has 1 aliphatic rings. The molecular weight excluding hydrogens is 380 g/mol. The fourth-order valence-corrected chi connectivity index (χ4v) is 3.23. The monoisotopic (exact) mass is 404 g/mol. The zero-order chi connectivity index (χ0) is 20.8. The number of rotatable bonds is 6. The number of hydrogen-bond donors (Lipinski definition) is 1. The van der Waals surface area contributed by atoms with Gasteiger partial charge in [-0.1, -0.05) is 18.2 Å². The van der Waals surface area contributed by atoms with E-state index in [1.807, 2.05) is 66.4 Å². The minimum atomic E-state index is -0.00482. The Bertz CT molecular complexity index is 972. The first-order chi connectivity index (χ1) is 14.7. The summed E-state index contributed by atoms with van der Waals surface area (Å²) in [6, 6.07) is 17.1. The molecule has 1 saturated heterocycles. The van der Waals surface area contributed by atoms with Crippen molar-refractivity contribution in [1.29, 1.82) is 0 Å². The van der Waals surface area contributed by atoms with Crippen LogP contribution in [0.1, 0.15) is 5.56 Å². The third kappa shape index (κ3) is 5.02. The summed E-state index contributed by atoms with van der Waals surface area (Å²) in [6.45, 7) is 4.74. The highest BCUT2D eigenvalue weighted by Gasteiger charge is 2.22. The normalized spacial score (nSPS) is 13.8. The molecule has 0 saturated carbocycles. The number of aromatic nitrogens is 3. The number of hydrogen-bond acceptors (Lipinski definition) is 7. The van der Waals surface area contributed by atoms with Gasteiger partial charge >= 0.3 is 0 Å². The minimum absolute atomic E-state index is 0.00482. The first-order valence-corrected chi connectivity index (χ1v) is 9.91. The van der Waals surface area contributed by atoms with Gasteiger partial charge in [-0.3, -0.25) is 4.79 Å². The van der Waals surface area contributed by atoms with Crippen LogP contribution in [0.5, 0.6) is 5.75 Å². The molecule has 0 bridgehead atoms. The summed E-state index contributed by atoms with van der Waals surface area (Å²) in [5, 5.41) is 11.7. The van der Waals surface area contributed by atoms with E-state index in [4.69, 9.17) is 4.74 Å². The Morgan fingerprint density at radius 3 is 2.50 bits per heavy atom. The van der Waals surface area contributed by atoms with Gasteiger partial charge in [0.05, 0.1) is 0 Å². The smallest absolute Gasteiger partial charge is 0.260 e. The lowest BCUT2D eigenvalue weighted by Gasteiger charge is -2.35. The molecule has 2 aromatic heterocycles. The third-order valence-corrected chi connectivity index (χ3v) is 4.88. The van der Waals surface area contributed by atoms with Crippen LogP contribution in [0.3, 0.4) is 0 Å². The second-order valence-electron chi connectivity index (χ2n) is 7.09. The molecule has 30 heavy (non-hydrogen) atoms. The molecule has 0 spiro atoms.